The Labute approximate surface area is 179 Å². The SMILES string of the molecule is Cc1ccc(C(=O)N2CC(c3ccc(C#N)cc3)C2)cc1-c1[nH]c(C(C)(F)F)nc1C. The summed E-state index contributed by atoms with van der Waals surface area (Å²) in [7, 11) is 0. The van der Waals surface area contributed by atoms with Gasteiger partial charge in [0.25, 0.3) is 5.91 Å². The van der Waals surface area contributed by atoms with E-state index in [1.165, 1.54) is 0 Å². The zero-order valence-corrected chi connectivity index (χ0v) is 17.5. The van der Waals surface area contributed by atoms with Crippen LogP contribution in [0.5, 0.6) is 0 Å². The fraction of sp³-hybridized carbons (Fsp3) is 0.292. The lowest BCUT2D eigenvalue weighted by atomic mass is 9.90. The molecule has 0 bridgehead atoms. The maximum atomic E-state index is 13.7. The van der Waals surface area contributed by atoms with Crippen molar-refractivity contribution in [1.82, 2.24) is 14.9 Å². The summed E-state index contributed by atoms with van der Waals surface area (Å²) in [5, 5.41) is 8.92. The number of aromatic nitrogens is 2. The summed E-state index contributed by atoms with van der Waals surface area (Å²) in [6.45, 7) is 5.55. The van der Waals surface area contributed by atoms with Crippen LogP contribution in [0.1, 0.15) is 51.4 Å². The van der Waals surface area contributed by atoms with Crippen molar-refractivity contribution in [2.75, 3.05) is 13.1 Å². The third kappa shape index (κ3) is 3.93. The van der Waals surface area contributed by atoms with E-state index in [-0.39, 0.29) is 17.6 Å². The molecular weight excluding hydrogens is 398 g/mol. The van der Waals surface area contributed by atoms with E-state index >= 15 is 0 Å². The molecule has 7 heteroatoms. The molecule has 1 N–H and O–H groups in total. The van der Waals surface area contributed by atoms with Gasteiger partial charge in [-0.05, 0) is 49.2 Å². The van der Waals surface area contributed by atoms with Crippen molar-refractivity contribution in [3.05, 3.63) is 76.2 Å². The molecule has 0 atom stereocenters. The minimum atomic E-state index is -3.07. The van der Waals surface area contributed by atoms with Crippen LogP contribution in [0.15, 0.2) is 42.5 Å². The summed E-state index contributed by atoms with van der Waals surface area (Å²) in [5.41, 5.74) is 4.76. The van der Waals surface area contributed by atoms with E-state index in [0.29, 0.717) is 41.2 Å². The molecule has 1 aliphatic heterocycles. The normalized spacial score (nSPS) is 14.3. The van der Waals surface area contributed by atoms with Gasteiger partial charge in [0.05, 0.1) is 23.0 Å². The number of imidazole rings is 1. The number of hydrogen-bond donors (Lipinski definition) is 1. The number of nitriles is 1. The van der Waals surface area contributed by atoms with E-state index in [1.54, 1.807) is 36.1 Å². The summed E-state index contributed by atoms with van der Waals surface area (Å²) < 4.78 is 27.4. The minimum absolute atomic E-state index is 0.0932. The second-order valence-corrected chi connectivity index (χ2v) is 8.10. The molecule has 1 aromatic heterocycles. The second-order valence-electron chi connectivity index (χ2n) is 8.10. The number of aromatic amines is 1. The van der Waals surface area contributed by atoms with Crippen LogP contribution in [-0.4, -0.2) is 33.9 Å². The van der Waals surface area contributed by atoms with Gasteiger partial charge in [-0.15, -0.1) is 0 Å². The molecule has 0 aliphatic carbocycles. The topological polar surface area (TPSA) is 72.8 Å². The molecule has 2 heterocycles. The maximum absolute atomic E-state index is 13.7. The van der Waals surface area contributed by atoms with Crippen molar-refractivity contribution in [1.29, 1.82) is 5.26 Å². The first-order valence-electron chi connectivity index (χ1n) is 10.0. The number of nitrogens with one attached hydrogen (secondary N) is 1. The van der Waals surface area contributed by atoms with Crippen LogP contribution < -0.4 is 0 Å². The van der Waals surface area contributed by atoms with Gasteiger partial charge in [-0.3, -0.25) is 4.79 Å². The number of carbonyl (C=O) groups is 1. The van der Waals surface area contributed by atoms with Gasteiger partial charge < -0.3 is 9.88 Å². The summed E-state index contributed by atoms with van der Waals surface area (Å²) in [5.74, 6) is -3.30. The van der Waals surface area contributed by atoms with Crippen LogP contribution >= 0.6 is 0 Å². The highest BCUT2D eigenvalue weighted by atomic mass is 19.3. The molecule has 2 aromatic carbocycles. The summed E-state index contributed by atoms with van der Waals surface area (Å²) >= 11 is 0. The number of halogens is 2. The number of amides is 1. The quantitative estimate of drug-likeness (QED) is 0.651. The van der Waals surface area contributed by atoms with Gasteiger partial charge in [-0.2, -0.15) is 14.0 Å². The molecule has 0 unspecified atom stereocenters. The number of hydrogen-bond acceptors (Lipinski definition) is 3. The van der Waals surface area contributed by atoms with Gasteiger partial charge in [0, 0.05) is 37.1 Å². The average Bonchev–Trinajstić information content (AvgIpc) is 3.09. The van der Waals surface area contributed by atoms with Crippen LogP contribution in [0.3, 0.4) is 0 Å². The van der Waals surface area contributed by atoms with Gasteiger partial charge in [0.1, 0.15) is 0 Å². The van der Waals surface area contributed by atoms with Crippen molar-refractivity contribution in [2.45, 2.75) is 32.6 Å². The molecule has 0 saturated carbocycles. The van der Waals surface area contributed by atoms with Crippen LogP contribution in [0, 0.1) is 25.2 Å². The number of nitrogens with zero attached hydrogens (tertiary/aromatic N) is 3. The van der Waals surface area contributed by atoms with Crippen LogP contribution in [0.4, 0.5) is 8.78 Å². The fourth-order valence-electron chi connectivity index (χ4n) is 3.82. The summed E-state index contributed by atoms with van der Waals surface area (Å²) in [6, 6.07) is 14.9. The highest BCUT2D eigenvalue weighted by Crippen LogP contribution is 2.33. The molecule has 31 heavy (non-hydrogen) atoms. The van der Waals surface area contributed by atoms with Crippen molar-refractivity contribution < 1.29 is 13.6 Å². The molecule has 158 valence electrons. The van der Waals surface area contributed by atoms with Crippen molar-refractivity contribution in [3.8, 4) is 17.3 Å². The number of rotatable bonds is 4. The standard InChI is InChI=1S/C24H22F2N4O/c1-14-4-7-18(10-20(14)21-15(2)28-23(29-21)24(3,25)26)22(31)30-12-19(13-30)17-8-5-16(11-27)6-9-17/h4-10,19H,12-13H2,1-3H3,(H,28,29). The molecular formula is C24H22F2N4O. The Kier molecular flexibility index (Phi) is 5.10. The lowest BCUT2D eigenvalue weighted by Crippen LogP contribution is -2.48. The second kappa shape index (κ2) is 7.62. The van der Waals surface area contributed by atoms with Gasteiger partial charge in [0.2, 0.25) is 0 Å². The molecule has 1 saturated heterocycles. The zero-order valence-electron chi connectivity index (χ0n) is 17.5. The van der Waals surface area contributed by atoms with Gasteiger partial charge in [-0.1, -0.05) is 18.2 Å². The maximum Gasteiger partial charge on any atom is 0.301 e. The number of benzene rings is 2. The molecule has 5 nitrogen and oxygen atoms in total. The molecule has 1 fully saturated rings. The van der Waals surface area contributed by atoms with Crippen LogP contribution in [0.25, 0.3) is 11.3 Å². The number of alkyl halides is 2. The van der Waals surface area contributed by atoms with E-state index in [1.807, 2.05) is 25.1 Å². The molecule has 4 rings (SSSR count). The van der Waals surface area contributed by atoms with Gasteiger partial charge in [0.15, 0.2) is 5.82 Å². The minimum Gasteiger partial charge on any atom is -0.337 e. The van der Waals surface area contributed by atoms with E-state index in [9.17, 15) is 13.6 Å². The number of aryl methyl sites for hydroxylation is 2. The summed E-state index contributed by atoms with van der Waals surface area (Å²) in [6.07, 6.45) is 0. The summed E-state index contributed by atoms with van der Waals surface area (Å²) in [4.78, 5) is 21.5. The predicted octanol–water partition coefficient (Wildman–Crippen LogP) is 4.92. The average molecular weight is 420 g/mol. The van der Waals surface area contributed by atoms with Crippen molar-refractivity contribution in [3.63, 3.8) is 0 Å². The van der Waals surface area contributed by atoms with Gasteiger partial charge in [-0.25, -0.2) is 4.98 Å². The number of H-pyrrole nitrogens is 1. The van der Waals surface area contributed by atoms with Crippen molar-refractivity contribution in [2.24, 2.45) is 0 Å². The largest absolute Gasteiger partial charge is 0.337 e. The lowest BCUT2D eigenvalue weighted by Gasteiger charge is -2.39. The first kappa shape index (κ1) is 20.7. The van der Waals surface area contributed by atoms with E-state index in [0.717, 1.165) is 18.1 Å². The number of likely N-dealkylation sites (tertiary alicyclic amines) is 1. The Bertz CT molecular complexity index is 1180. The van der Waals surface area contributed by atoms with E-state index < -0.39 is 5.92 Å². The molecule has 1 aliphatic rings. The Morgan fingerprint density at radius 2 is 1.87 bits per heavy atom. The molecule has 1 amide bonds. The Morgan fingerprint density at radius 3 is 2.45 bits per heavy atom. The van der Waals surface area contributed by atoms with Crippen LogP contribution in [0.2, 0.25) is 0 Å². The first-order valence-corrected chi connectivity index (χ1v) is 10.0. The Morgan fingerprint density at radius 1 is 1.19 bits per heavy atom. The monoisotopic (exact) mass is 420 g/mol. The third-order valence-corrected chi connectivity index (χ3v) is 5.73. The lowest BCUT2D eigenvalue weighted by molar-refractivity contribution is 0.00855. The molecule has 0 spiro atoms. The van der Waals surface area contributed by atoms with Crippen molar-refractivity contribution >= 4 is 5.91 Å². The Hall–Kier alpha value is -3.53. The third-order valence-electron chi connectivity index (χ3n) is 5.73. The number of carbonyl (C=O) groups excluding carboxylic acids is 1. The van der Waals surface area contributed by atoms with E-state index in [2.05, 4.69) is 16.0 Å². The van der Waals surface area contributed by atoms with E-state index in [4.69, 9.17) is 5.26 Å². The molecule has 0 radical (unpaired) electrons. The fourth-order valence-corrected chi connectivity index (χ4v) is 3.82. The highest BCUT2D eigenvalue weighted by molar-refractivity contribution is 5.96. The predicted molar refractivity (Wildman–Crippen MR) is 113 cm³/mol. The first-order chi connectivity index (χ1) is 14.7. The van der Waals surface area contributed by atoms with Gasteiger partial charge >= 0.3 is 5.92 Å². The highest BCUT2D eigenvalue weighted by Gasteiger charge is 2.33. The smallest absolute Gasteiger partial charge is 0.301 e. The zero-order chi connectivity index (χ0) is 22.3. The molecule has 3 aromatic rings. The van der Waals surface area contributed by atoms with Crippen LogP contribution in [-0.2, 0) is 5.92 Å². The Balaban J connectivity index is 1.53.